The zero-order valence-corrected chi connectivity index (χ0v) is 10.2. The molecule has 0 saturated carbocycles. The first-order valence-electron chi connectivity index (χ1n) is 5.74. The Morgan fingerprint density at radius 1 is 1.22 bits per heavy atom. The van der Waals surface area contributed by atoms with Crippen molar-refractivity contribution in [3.63, 3.8) is 0 Å². The number of nitrogens with zero attached hydrogens (tertiary/aromatic N) is 2. The predicted molar refractivity (Wildman–Crippen MR) is 67.2 cm³/mol. The van der Waals surface area contributed by atoms with Crippen molar-refractivity contribution in [2.24, 2.45) is 0 Å². The van der Waals surface area contributed by atoms with Gasteiger partial charge in [0.25, 0.3) is 0 Å². The van der Waals surface area contributed by atoms with Crippen molar-refractivity contribution in [3.8, 4) is 0 Å². The lowest BCUT2D eigenvalue weighted by atomic mass is 10.1. The molecule has 0 bridgehead atoms. The fourth-order valence-corrected chi connectivity index (χ4v) is 1.60. The number of hydrogen-bond acceptors (Lipinski definition) is 4. The van der Waals surface area contributed by atoms with E-state index in [1.165, 1.54) is 6.20 Å². The van der Waals surface area contributed by atoms with E-state index in [2.05, 4.69) is 9.97 Å². The molecule has 0 aliphatic rings. The third-order valence-corrected chi connectivity index (χ3v) is 2.64. The van der Waals surface area contributed by atoms with Gasteiger partial charge in [-0.05, 0) is 36.2 Å². The third-order valence-electron chi connectivity index (χ3n) is 2.64. The molecule has 2 aromatic heterocycles. The number of carbonyl (C=O) groups is 1. The molecule has 0 amide bonds. The summed E-state index contributed by atoms with van der Waals surface area (Å²) in [6, 6.07) is 5.34. The Labute approximate surface area is 106 Å². The number of hydrogen-bond donors (Lipinski definition) is 0. The number of aryl methyl sites for hydroxylation is 1. The first kappa shape index (κ1) is 12.2. The van der Waals surface area contributed by atoms with E-state index in [0.29, 0.717) is 18.6 Å². The standard InChI is InChI=1S/C14H14N2O2/c1-11-9-16-7-4-12(11)5-8-18-14(17)13-3-2-6-15-10-13/h2-4,6-7,9-10H,5,8H2,1H3. The van der Waals surface area contributed by atoms with Crippen molar-refractivity contribution < 1.29 is 9.53 Å². The summed E-state index contributed by atoms with van der Waals surface area (Å²) in [6.07, 6.45) is 7.36. The molecule has 0 spiro atoms. The smallest absolute Gasteiger partial charge is 0.339 e. The van der Waals surface area contributed by atoms with E-state index in [1.54, 1.807) is 30.7 Å². The molecule has 0 aliphatic heterocycles. The summed E-state index contributed by atoms with van der Waals surface area (Å²) in [5.74, 6) is -0.338. The van der Waals surface area contributed by atoms with Gasteiger partial charge in [0.2, 0.25) is 0 Å². The van der Waals surface area contributed by atoms with Crippen LogP contribution >= 0.6 is 0 Å². The molecule has 0 atom stereocenters. The van der Waals surface area contributed by atoms with Crippen LogP contribution in [0.1, 0.15) is 21.5 Å². The van der Waals surface area contributed by atoms with Crippen LogP contribution in [-0.4, -0.2) is 22.5 Å². The van der Waals surface area contributed by atoms with Crippen LogP contribution in [0.3, 0.4) is 0 Å². The summed E-state index contributed by atoms with van der Waals surface area (Å²) >= 11 is 0. The number of ether oxygens (including phenoxy) is 1. The molecular formula is C14H14N2O2. The van der Waals surface area contributed by atoms with E-state index in [1.807, 2.05) is 13.0 Å². The quantitative estimate of drug-likeness (QED) is 0.771. The molecule has 0 unspecified atom stereocenters. The summed E-state index contributed by atoms with van der Waals surface area (Å²) in [7, 11) is 0. The van der Waals surface area contributed by atoms with E-state index in [-0.39, 0.29) is 5.97 Å². The summed E-state index contributed by atoms with van der Waals surface area (Å²) in [4.78, 5) is 19.5. The monoisotopic (exact) mass is 242 g/mol. The highest BCUT2D eigenvalue weighted by molar-refractivity contribution is 5.88. The SMILES string of the molecule is Cc1cnccc1CCOC(=O)c1cccnc1. The highest BCUT2D eigenvalue weighted by Gasteiger charge is 2.06. The molecule has 4 heteroatoms. The molecule has 92 valence electrons. The highest BCUT2D eigenvalue weighted by Crippen LogP contribution is 2.07. The molecule has 2 aromatic rings. The molecule has 2 rings (SSSR count). The Morgan fingerprint density at radius 2 is 2.06 bits per heavy atom. The van der Waals surface area contributed by atoms with Crippen LogP contribution in [0.4, 0.5) is 0 Å². The van der Waals surface area contributed by atoms with E-state index in [0.717, 1.165) is 11.1 Å². The van der Waals surface area contributed by atoms with Crippen LogP contribution in [0.15, 0.2) is 43.0 Å². The maximum atomic E-state index is 11.6. The van der Waals surface area contributed by atoms with Crippen molar-refractivity contribution in [1.82, 2.24) is 9.97 Å². The lowest BCUT2D eigenvalue weighted by Crippen LogP contribution is -2.08. The van der Waals surface area contributed by atoms with Crippen molar-refractivity contribution in [2.45, 2.75) is 13.3 Å². The summed E-state index contributed by atoms with van der Waals surface area (Å²) < 4.78 is 5.19. The Morgan fingerprint density at radius 3 is 2.78 bits per heavy atom. The lowest BCUT2D eigenvalue weighted by Gasteiger charge is -2.06. The lowest BCUT2D eigenvalue weighted by molar-refractivity contribution is 0.0508. The maximum Gasteiger partial charge on any atom is 0.339 e. The third kappa shape index (κ3) is 3.13. The first-order valence-corrected chi connectivity index (χ1v) is 5.74. The summed E-state index contributed by atoms with van der Waals surface area (Å²) in [5, 5.41) is 0. The van der Waals surface area contributed by atoms with Gasteiger partial charge >= 0.3 is 5.97 Å². The minimum absolute atomic E-state index is 0.338. The highest BCUT2D eigenvalue weighted by atomic mass is 16.5. The minimum atomic E-state index is -0.338. The van der Waals surface area contributed by atoms with Crippen LogP contribution in [0, 0.1) is 6.92 Å². The zero-order valence-electron chi connectivity index (χ0n) is 10.2. The van der Waals surface area contributed by atoms with Gasteiger partial charge in [-0.1, -0.05) is 0 Å². The predicted octanol–water partition coefficient (Wildman–Crippen LogP) is 2.18. The molecule has 2 heterocycles. The van der Waals surface area contributed by atoms with Crippen LogP contribution in [-0.2, 0) is 11.2 Å². The second-order valence-corrected chi connectivity index (χ2v) is 3.93. The fourth-order valence-electron chi connectivity index (χ4n) is 1.60. The molecule has 0 N–H and O–H groups in total. The van der Waals surface area contributed by atoms with Crippen molar-refractivity contribution in [2.75, 3.05) is 6.61 Å². The normalized spacial score (nSPS) is 10.1. The topological polar surface area (TPSA) is 52.1 Å². The van der Waals surface area contributed by atoms with E-state index in [9.17, 15) is 4.79 Å². The number of aromatic nitrogens is 2. The number of pyridine rings is 2. The molecule has 0 aromatic carbocycles. The average Bonchev–Trinajstić information content (AvgIpc) is 2.42. The number of esters is 1. The second kappa shape index (κ2) is 5.91. The molecule has 0 aliphatic carbocycles. The number of rotatable bonds is 4. The van der Waals surface area contributed by atoms with Gasteiger partial charge in [0.05, 0.1) is 12.2 Å². The fraction of sp³-hybridized carbons (Fsp3) is 0.214. The van der Waals surface area contributed by atoms with Gasteiger partial charge in [0, 0.05) is 31.2 Å². The summed E-state index contributed by atoms with van der Waals surface area (Å²) in [5.41, 5.74) is 2.72. The van der Waals surface area contributed by atoms with Crippen LogP contribution in [0.25, 0.3) is 0 Å². The molecule has 0 fully saturated rings. The van der Waals surface area contributed by atoms with E-state index in [4.69, 9.17) is 4.74 Å². The summed E-state index contributed by atoms with van der Waals surface area (Å²) in [6.45, 7) is 2.35. The Kier molecular flexibility index (Phi) is 4.02. The molecule has 18 heavy (non-hydrogen) atoms. The van der Waals surface area contributed by atoms with Gasteiger partial charge in [0.15, 0.2) is 0 Å². The van der Waals surface area contributed by atoms with Gasteiger partial charge in [-0.2, -0.15) is 0 Å². The molecule has 0 saturated heterocycles. The minimum Gasteiger partial charge on any atom is -0.462 e. The largest absolute Gasteiger partial charge is 0.462 e. The second-order valence-electron chi connectivity index (χ2n) is 3.93. The van der Waals surface area contributed by atoms with E-state index < -0.39 is 0 Å². The Hall–Kier alpha value is -2.23. The zero-order chi connectivity index (χ0) is 12.8. The number of carbonyl (C=O) groups excluding carboxylic acids is 1. The van der Waals surface area contributed by atoms with Gasteiger partial charge < -0.3 is 4.74 Å². The van der Waals surface area contributed by atoms with Gasteiger partial charge in [-0.25, -0.2) is 4.79 Å². The average molecular weight is 242 g/mol. The van der Waals surface area contributed by atoms with Gasteiger partial charge in [0.1, 0.15) is 0 Å². The van der Waals surface area contributed by atoms with Gasteiger partial charge in [-0.15, -0.1) is 0 Å². The molecular weight excluding hydrogens is 228 g/mol. The van der Waals surface area contributed by atoms with Crippen LogP contribution in [0.5, 0.6) is 0 Å². The molecule has 0 radical (unpaired) electrons. The van der Waals surface area contributed by atoms with Crippen molar-refractivity contribution >= 4 is 5.97 Å². The van der Waals surface area contributed by atoms with Gasteiger partial charge in [-0.3, -0.25) is 9.97 Å². The van der Waals surface area contributed by atoms with E-state index >= 15 is 0 Å². The van der Waals surface area contributed by atoms with Crippen molar-refractivity contribution in [3.05, 3.63) is 59.7 Å². The Balaban J connectivity index is 1.86. The Bertz CT molecular complexity index is 526. The molecule has 4 nitrogen and oxygen atoms in total. The van der Waals surface area contributed by atoms with Crippen LogP contribution in [0.2, 0.25) is 0 Å². The van der Waals surface area contributed by atoms with Crippen molar-refractivity contribution in [1.29, 1.82) is 0 Å². The maximum absolute atomic E-state index is 11.6. The van der Waals surface area contributed by atoms with Crippen LogP contribution < -0.4 is 0 Å². The first-order chi connectivity index (χ1) is 8.77.